The molecular weight excluding hydrogens is 713 g/mol. The number of unbranched alkanes of at least 4 members (excludes halogenated alkanes) is 9. The van der Waals surface area contributed by atoms with Crippen LogP contribution in [0.4, 0.5) is 30.7 Å². The molecule has 0 radical (unpaired) electrons. The molecule has 3 rings (SSSR count). The summed E-state index contributed by atoms with van der Waals surface area (Å²) in [4.78, 5) is 0. The lowest BCUT2D eigenvalue weighted by atomic mass is 9.99. The first-order valence-corrected chi connectivity index (χ1v) is 19.6. The quantitative estimate of drug-likeness (QED) is 0.0488. The molecule has 0 aliphatic rings. The Hall–Kier alpha value is -3.63. The number of ether oxygens (including phenoxy) is 4. The molecular formula is C43H57F7O4. The van der Waals surface area contributed by atoms with Crippen LogP contribution < -0.4 is 18.9 Å². The Morgan fingerprint density at radius 2 is 0.907 bits per heavy atom. The molecule has 0 fully saturated rings. The number of rotatable bonds is 25. The maximum atomic E-state index is 15.8. The molecule has 0 N–H and O–H groups in total. The smallest absolute Gasteiger partial charge is 0.432 e. The van der Waals surface area contributed by atoms with Crippen LogP contribution in [0.3, 0.4) is 0 Å². The first-order valence-electron chi connectivity index (χ1n) is 19.6. The Labute approximate surface area is 316 Å². The van der Waals surface area contributed by atoms with Crippen LogP contribution in [0.5, 0.6) is 23.0 Å². The second-order valence-corrected chi connectivity index (χ2v) is 14.3. The van der Waals surface area contributed by atoms with Crippen LogP contribution in [-0.4, -0.2) is 18.3 Å². The summed E-state index contributed by atoms with van der Waals surface area (Å²) in [6.07, 6.45) is 8.95. The van der Waals surface area contributed by atoms with E-state index in [1.165, 1.54) is 0 Å². The Morgan fingerprint density at radius 1 is 0.500 bits per heavy atom. The molecule has 11 heteroatoms. The lowest BCUT2D eigenvalue weighted by Crippen LogP contribution is -2.25. The first kappa shape index (κ1) is 44.8. The largest absolute Gasteiger partial charge is 0.490 e. The molecule has 0 spiro atoms. The third kappa shape index (κ3) is 13.6. The normalized spacial score (nSPS) is 13.4. The minimum absolute atomic E-state index is 0.148. The molecule has 54 heavy (non-hydrogen) atoms. The zero-order chi connectivity index (χ0) is 39.8. The minimum Gasteiger partial charge on any atom is -0.490 e. The fourth-order valence-corrected chi connectivity index (χ4v) is 6.31. The molecule has 3 aromatic carbocycles. The fourth-order valence-electron chi connectivity index (χ4n) is 6.31. The molecule has 0 aliphatic heterocycles. The first-order chi connectivity index (χ1) is 25.7. The van der Waals surface area contributed by atoms with Crippen molar-refractivity contribution in [3.63, 3.8) is 0 Å². The van der Waals surface area contributed by atoms with Gasteiger partial charge in [0.2, 0.25) is 0 Å². The van der Waals surface area contributed by atoms with Gasteiger partial charge in [-0.3, -0.25) is 0 Å². The van der Waals surface area contributed by atoms with Gasteiger partial charge in [0.1, 0.15) is 40.2 Å². The van der Waals surface area contributed by atoms with Gasteiger partial charge in [-0.05, 0) is 77.0 Å². The molecule has 3 atom stereocenters. The summed E-state index contributed by atoms with van der Waals surface area (Å²) in [5, 5.41) is 0. The van der Waals surface area contributed by atoms with Crippen LogP contribution in [0.15, 0.2) is 36.4 Å². The number of hydrogen-bond donors (Lipinski definition) is 0. The van der Waals surface area contributed by atoms with E-state index in [1.54, 1.807) is 12.1 Å². The van der Waals surface area contributed by atoms with Crippen molar-refractivity contribution in [1.29, 1.82) is 0 Å². The average Bonchev–Trinajstić information content (AvgIpc) is 3.08. The summed E-state index contributed by atoms with van der Waals surface area (Å²) in [7, 11) is 0. The zero-order valence-electron chi connectivity index (χ0n) is 32.6. The van der Waals surface area contributed by atoms with Crippen molar-refractivity contribution in [3.05, 3.63) is 71.0 Å². The summed E-state index contributed by atoms with van der Waals surface area (Å²) in [5.74, 6) is -9.26. The van der Waals surface area contributed by atoms with E-state index >= 15 is 17.6 Å². The number of benzene rings is 3. The molecule has 4 nitrogen and oxygen atoms in total. The predicted molar refractivity (Wildman–Crippen MR) is 199 cm³/mol. The lowest BCUT2D eigenvalue weighted by molar-refractivity contribution is -0.189. The van der Waals surface area contributed by atoms with Gasteiger partial charge >= 0.3 is 6.11 Å². The van der Waals surface area contributed by atoms with Crippen molar-refractivity contribution in [2.24, 2.45) is 0 Å². The van der Waals surface area contributed by atoms with Gasteiger partial charge in [0.05, 0.1) is 23.9 Å². The Morgan fingerprint density at radius 3 is 1.31 bits per heavy atom. The Bertz CT molecular complexity index is 1510. The fraction of sp³-hybridized carbons (Fsp3) is 0.581. The highest BCUT2D eigenvalue weighted by Gasteiger charge is 2.42. The van der Waals surface area contributed by atoms with E-state index in [4.69, 9.17) is 14.2 Å². The van der Waals surface area contributed by atoms with E-state index in [2.05, 4.69) is 25.5 Å². The summed E-state index contributed by atoms with van der Waals surface area (Å²) >= 11 is 0. The van der Waals surface area contributed by atoms with E-state index in [0.29, 0.717) is 30.7 Å². The molecule has 0 heterocycles. The molecule has 3 aromatic rings. The Kier molecular flexibility index (Phi) is 18.3. The summed E-state index contributed by atoms with van der Waals surface area (Å²) in [6.45, 7) is 12.1. The summed E-state index contributed by atoms with van der Waals surface area (Å²) in [5.41, 5.74) is -1.80. The van der Waals surface area contributed by atoms with Gasteiger partial charge in [0, 0.05) is 24.3 Å². The van der Waals surface area contributed by atoms with Gasteiger partial charge in [-0.25, -0.2) is 22.0 Å². The molecule has 0 bridgehead atoms. The van der Waals surface area contributed by atoms with Crippen molar-refractivity contribution in [2.45, 2.75) is 162 Å². The van der Waals surface area contributed by atoms with E-state index in [9.17, 15) is 13.2 Å². The van der Waals surface area contributed by atoms with Crippen molar-refractivity contribution in [1.82, 2.24) is 0 Å². The number of alkyl halides is 2. The lowest BCUT2D eigenvalue weighted by Gasteiger charge is -2.25. The van der Waals surface area contributed by atoms with Gasteiger partial charge in [-0.1, -0.05) is 78.6 Å². The predicted octanol–water partition coefficient (Wildman–Crippen LogP) is 14.4. The van der Waals surface area contributed by atoms with E-state index in [0.717, 1.165) is 83.5 Å². The van der Waals surface area contributed by atoms with Crippen LogP contribution in [0.2, 0.25) is 0 Å². The number of halogens is 7. The van der Waals surface area contributed by atoms with Crippen molar-refractivity contribution >= 4 is 0 Å². The second kappa shape index (κ2) is 22.1. The zero-order valence-corrected chi connectivity index (χ0v) is 32.6. The third-order valence-corrected chi connectivity index (χ3v) is 9.25. The van der Waals surface area contributed by atoms with Gasteiger partial charge in [0.25, 0.3) is 0 Å². The third-order valence-electron chi connectivity index (χ3n) is 9.25. The van der Waals surface area contributed by atoms with Gasteiger partial charge in [-0.15, -0.1) is 0 Å². The topological polar surface area (TPSA) is 36.9 Å². The highest BCUT2D eigenvalue weighted by atomic mass is 19.3. The molecule has 0 aromatic heterocycles. The minimum atomic E-state index is -4.74. The SMILES string of the molecule is CCCCCC[C@@H](C)Oc1cc(O[C@@H](C)CCCCCC)c(-c2cc(F)c(C(F)(F)Oc3cc(F)c(F)c(F)c3)c(F)c2)c(O[C@@H](C)CCCCCC)c1. The maximum absolute atomic E-state index is 15.8. The molecule has 0 saturated carbocycles. The highest BCUT2D eigenvalue weighted by Crippen LogP contribution is 2.46. The Balaban J connectivity index is 2.12. The average molecular weight is 771 g/mol. The van der Waals surface area contributed by atoms with Crippen LogP contribution in [0.1, 0.15) is 143 Å². The summed E-state index contributed by atoms with van der Waals surface area (Å²) < 4.78 is 127. The van der Waals surface area contributed by atoms with E-state index in [1.807, 2.05) is 20.8 Å². The van der Waals surface area contributed by atoms with E-state index < -0.39 is 46.5 Å². The van der Waals surface area contributed by atoms with Crippen LogP contribution >= 0.6 is 0 Å². The van der Waals surface area contributed by atoms with Crippen LogP contribution in [0, 0.1) is 29.1 Å². The molecule has 0 unspecified atom stereocenters. The molecule has 0 aliphatic carbocycles. The van der Waals surface area contributed by atoms with Crippen molar-refractivity contribution in [3.8, 4) is 34.1 Å². The summed E-state index contributed by atoms with van der Waals surface area (Å²) in [6, 6.07) is 5.02. The van der Waals surface area contributed by atoms with Crippen LogP contribution in [-0.2, 0) is 6.11 Å². The number of hydrogen-bond acceptors (Lipinski definition) is 4. The van der Waals surface area contributed by atoms with E-state index in [-0.39, 0.29) is 53.1 Å². The van der Waals surface area contributed by atoms with Gasteiger partial charge in [-0.2, -0.15) is 8.78 Å². The maximum Gasteiger partial charge on any atom is 0.432 e. The highest BCUT2D eigenvalue weighted by molar-refractivity contribution is 5.79. The second-order valence-electron chi connectivity index (χ2n) is 14.3. The monoisotopic (exact) mass is 770 g/mol. The van der Waals surface area contributed by atoms with Gasteiger partial charge < -0.3 is 18.9 Å². The molecule has 0 saturated heterocycles. The van der Waals surface area contributed by atoms with Crippen LogP contribution in [0.25, 0.3) is 11.1 Å². The molecule has 302 valence electrons. The van der Waals surface area contributed by atoms with Crippen molar-refractivity contribution < 1.29 is 49.7 Å². The van der Waals surface area contributed by atoms with Crippen molar-refractivity contribution in [2.75, 3.05) is 0 Å². The van der Waals surface area contributed by atoms with Gasteiger partial charge in [0.15, 0.2) is 17.5 Å². The molecule has 0 amide bonds. The standard InChI is InChI=1S/C43H57F7O4/c1-7-10-13-16-19-28(4)51-32-26-38(52-29(5)20-17-14-11-8-2)40(39(27-32)53-30(6)21-18-15-12-9-3)31-22-34(44)41(35(45)23-31)43(49,50)54-33-24-36(46)42(48)37(47)25-33/h22-30H,7-21H2,1-6H3/t28-,29+,30+/m1/s1.